The molecule has 0 bridgehead atoms. The fourth-order valence-corrected chi connectivity index (χ4v) is 0.776. The normalized spacial score (nSPS) is 15.3. The number of nitrogens with zero attached hydrogens (tertiary/aromatic N) is 1. The Bertz CT molecular complexity index is 79.3. The quantitative estimate of drug-likeness (QED) is 0.605. The van der Waals surface area contributed by atoms with Crippen LogP contribution in [0.3, 0.4) is 0 Å². The largest absolute Gasteiger partial charge is 0.378 e. The molecule has 0 aromatic heterocycles. The minimum Gasteiger partial charge on any atom is -0.378 e. The molecule has 1 atom stereocenters. The van der Waals surface area contributed by atoms with E-state index in [0.29, 0.717) is 12.0 Å². The molecular weight excluding hydrogens is 126 g/mol. The molecule has 0 aliphatic rings. The van der Waals surface area contributed by atoms with Gasteiger partial charge < -0.3 is 5.11 Å². The molecule has 0 spiro atoms. The zero-order valence-corrected chi connectivity index (χ0v) is 7.63. The fraction of sp³-hybridized carbons (Fsp3) is 1.00. The molecule has 0 aliphatic carbocycles. The Balaban J connectivity index is 3.81. The van der Waals surface area contributed by atoms with E-state index in [1.165, 1.54) is 0 Å². The monoisotopic (exact) mass is 145 g/mol. The van der Waals surface area contributed by atoms with Crippen molar-refractivity contribution in [2.75, 3.05) is 7.05 Å². The van der Waals surface area contributed by atoms with Gasteiger partial charge in [-0.1, -0.05) is 13.8 Å². The van der Waals surface area contributed by atoms with Crippen LogP contribution in [0, 0.1) is 5.92 Å². The summed E-state index contributed by atoms with van der Waals surface area (Å²) in [5, 5.41) is 9.49. The Morgan fingerprint density at radius 1 is 1.10 bits per heavy atom. The maximum absolute atomic E-state index is 9.49. The van der Waals surface area contributed by atoms with Gasteiger partial charge in [-0.25, -0.2) is 0 Å². The van der Waals surface area contributed by atoms with Crippen LogP contribution in [0.1, 0.15) is 27.7 Å². The topological polar surface area (TPSA) is 23.5 Å². The number of rotatable bonds is 3. The zero-order chi connectivity index (χ0) is 8.31. The first-order chi connectivity index (χ1) is 4.46. The SMILES string of the molecule is CC(C)C(O)N(C)C(C)C. The van der Waals surface area contributed by atoms with Gasteiger partial charge in [0, 0.05) is 6.04 Å². The maximum Gasteiger partial charge on any atom is 0.109 e. The summed E-state index contributed by atoms with van der Waals surface area (Å²) < 4.78 is 0. The van der Waals surface area contributed by atoms with Crippen LogP contribution in [0.4, 0.5) is 0 Å². The fourth-order valence-electron chi connectivity index (χ4n) is 0.776. The van der Waals surface area contributed by atoms with E-state index in [1.54, 1.807) is 0 Å². The molecule has 0 radical (unpaired) electrons. The molecule has 0 aromatic carbocycles. The van der Waals surface area contributed by atoms with Gasteiger partial charge in [0.25, 0.3) is 0 Å². The molecule has 0 heterocycles. The zero-order valence-electron chi connectivity index (χ0n) is 7.63. The highest BCUT2D eigenvalue weighted by Gasteiger charge is 2.16. The van der Waals surface area contributed by atoms with Crippen molar-refractivity contribution in [3.8, 4) is 0 Å². The number of aliphatic hydroxyl groups excluding tert-OH is 1. The van der Waals surface area contributed by atoms with Crippen molar-refractivity contribution in [1.29, 1.82) is 0 Å². The minimum absolute atomic E-state index is 0.306. The summed E-state index contributed by atoms with van der Waals surface area (Å²) in [6.45, 7) is 8.18. The minimum atomic E-state index is -0.306. The van der Waals surface area contributed by atoms with Crippen molar-refractivity contribution in [3.63, 3.8) is 0 Å². The van der Waals surface area contributed by atoms with Gasteiger partial charge in [0.2, 0.25) is 0 Å². The van der Waals surface area contributed by atoms with E-state index in [0.717, 1.165) is 0 Å². The molecule has 0 rings (SSSR count). The van der Waals surface area contributed by atoms with Crippen LogP contribution in [0.2, 0.25) is 0 Å². The van der Waals surface area contributed by atoms with E-state index in [4.69, 9.17) is 0 Å². The Hall–Kier alpha value is -0.0800. The van der Waals surface area contributed by atoms with Gasteiger partial charge in [0.05, 0.1) is 0 Å². The second kappa shape index (κ2) is 3.94. The van der Waals surface area contributed by atoms with Gasteiger partial charge in [-0.2, -0.15) is 0 Å². The average molecular weight is 145 g/mol. The summed E-state index contributed by atoms with van der Waals surface area (Å²) in [6, 6.07) is 0.414. The smallest absolute Gasteiger partial charge is 0.109 e. The lowest BCUT2D eigenvalue weighted by Gasteiger charge is -2.29. The summed E-state index contributed by atoms with van der Waals surface area (Å²) in [7, 11) is 1.94. The third-order valence-electron chi connectivity index (χ3n) is 1.83. The molecule has 1 N–H and O–H groups in total. The van der Waals surface area contributed by atoms with Crippen LogP contribution in [-0.4, -0.2) is 29.3 Å². The van der Waals surface area contributed by atoms with Gasteiger partial charge in [0.15, 0.2) is 0 Å². The van der Waals surface area contributed by atoms with Gasteiger partial charge in [-0.3, -0.25) is 4.90 Å². The van der Waals surface area contributed by atoms with Crippen LogP contribution >= 0.6 is 0 Å². The third kappa shape index (κ3) is 2.67. The molecule has 0 amide bonds. The van der Waals surface area contributed by atoms with Crippen molar-refractivity contribution in [2.45, 2.75) is 40.0 Å². The Kier molecular flexibility index (Phi) is 3.91. The lowest BCUT2D eigenvalue weighted by atomic mass is 10.1. The summed E-state index contributed by atoms with van der Waals surface area (Å²) in [5.41, 5.74) is 0. The number of hydrogen-bond acceptors (Lipinski definition) is 2. The van der Waals surface area contributed by atoms with Crippen LogP contribution < -0.4 is 0 Å². The first-order valence-electron chi connectivity index (χ1n) is 3.86. The van der Waals surface area contributed by atoms with Gasteiger partial charge in [-0.05, 0) is 26.8 Å². The van der Waals surface area contributed by atoms with Gasteiger partial charge in [-0.15, -0.1) is 0 Å². The molecule has 0 saturated carbocycles. The molecule has 0 aromatic rings. The second-order valence-corrected chi connectivity index (χ2v) is 3.42. The molecule has 10 heavy (non-hydrogen) atoms. The first-order valence-corrected chi connectivity index (χ1v) is 3.86. The van der Waals surface area contributed by atoms with Crippen LogP contribution in [-0.2, 0) is 0 Å². The molecule has 1 unspecified atom stereocenters. The highest BCUT2D eigenvalue weighted by atomic mass is 16.3. The van der Waals surface area contributed by atoms with E-state index in [-0.39, 0.29) is 6.23 Å². The lowest BCUT2D eigenvalue weighted by Crippen LogP contribution is -2.40. The molecule has 0 saturated heterocycles. The van der Waals surface area contributed by atoms with Crippen LogP contribution in [0.25, 0.3) is 0 Å². The van der Waals surface area contributed by atoms with E-state index in [2.05, 4.69) is 13.8 Å². The highest BCUT2D eigenvalue weighted by molar-refractivity contribution is 4.63. The second-order valence-electron chi connectivity index (χ2n) is 3.42. The number of aliphatic hydroxyl groups is 1. The molecule has 0 aliphatic heterocycles. The van der Waals surface area contributed by atoms with E-state index in [1.807, 2.05) is 25.8 Å². The molecule has 0 fully saturated rings. The van der Waals surface area contributed by atoms with E-state index < -0.39 is 0 Å². The predicted octanol–water partition coefficient (Wildman–Crippen LogP) is 1.30. The van der Waals surface area contributed by atoms with Crippen molar-refractivity contribution < 1.29 is 5.11 Å². The van der Waals surface area contributed by atoms with E-state index >= 15 is 0 Å². The summed E-state index contributed by atoms with van der Waals surface area (Å²) in [4.78, 5) is 1.96. The molecule has 2 nitrogen and oxygen atoms in total. The predicted molar refractivity (Wildman–Crippen MR) is 43.7 cm³/mol. The lowest BCUT2D eigenvalue weighted by molar-refractivity contribution is -0.0302. The van der Waals surface area contributed by atoms with Crippen molar-refractivity contribution >= 4 is 0 Å². The highest BCUT2D eigenvalue weighted by Crippen LogP contribution is 2.07. The molecule has 62 valence electrons. The first kappa shape index (κ1) is 9.92. The van der Waals surface area contributed by atoms with Crippen molar-refractivity contribution in [1.82, 2.24) is 4.90 Å². The number of hydrogen-bond donors (Lipinski definition) is 1. The molecular formula is C8H19NO. The maximum atomic E-state index is 9.49. The Morgan fingerprint density at radius 3 is 1.60 bits per heavy atom. The summed E-state index contributed by atoms with van der Waals surface area (Å²) in [5.74, 6) is 0.312. The Labute approximate surface area is 63.8 Å². The Morgan fingerprint density at radius 2 is 1.50 bits per heavy atom. The van der Waals surface area contributed by atoms with Crippen molar-refractivity contribution in [3.05, 3.63) is 0 Å². The standard InChI is InChI=1S/C8H19NO/c1-6(2)8(10)9(5)7(3)4/h6-8,10H,1-5H3. The van der Waals surface area contributed by atoms with Crippen LogP contribution in [0.15, 0.2) is 0 Å². The summed E-state index contributed by atoms with van der Waals surface area (Å²) in [6.07, 6.45) is -0.306. The third-order valence-corrected chi connectivity index (χ3v) is 1.83. The van der Waals surface area contributed by atoms with Gasteiger partial charge in [0.1, 0.15) is 6.23 Å². The van der Waals surface area contributed by atoms with Crippen molar-refractivity contribution in [2.24, 2.45) is 5.92 Å². The van der Waals surface area contributed by atoms with Gasteiger partial charge >= 0.3 is 0 Å². The molecule has 2 heteroatoms. The van der Waals surface area contributed by atoms with Crippen LogP contribution in [0.5, 0.6) is 0 Å². The van der Waals surface area contributed by atoms with E-state index in [9.17, 15) is 5.11 Å². The summed E-state index contributed by atoms with van der Waals surface area (Å²) >= 11 is 0. The average Bonchev–Trinajstić information content (AvgIpc) is 1.84.